The molecule has 0 saturated carbocycles. The zero-order chi connectivity index (χ0) is 13.4. The topological polar surface area (TPSA) is 32.8 Å². The molecule has 2 aliphatic heterocycles. The molecule has 4 nitrogen and oxygen atoms in total. The Morgan fingerprint density at radius 1 is 1.37 bits per heavy atom. The summed E-state index contributed by atoms with van der Waals surface area (Å²) in [5.41, 5.74) is 3.68. The van der Waals surface area contributed by atoms with Crippen LogP contribution in [-0.4, -0.2) is 30.0 Å². The van der Waals surface area contributed by atoms with Crippen molar-refractivity contribution >= 4 is 21.2 Å². The van der Waals surface area contributed by atoms with Crippen LogP contribution in [0.4, 0.5) is 10.5 Å². The van der Waals surface area contributed by atoms with E-state index in [1.807, 2.05) is 13.0 Å². The Hall–Kier alpha value is -1.12. The maximum atomic E-state index is 11.8. The number of carbonyl (C=O) groups excluding carboxylic acids is 1. The third-order valence-electron chi connectivity index (χ3n) is 3.73. The van der Waals surface area contributed by atoms with Crippen LogP contribution in [-0.2, 0) is 17.7 Å². The number of nitrogens with zero attached hydrogens (tertiary/aromatic N) is 2. The molecule has 0 aromatic heterocycles. The average molecular weight is 278 g/mol. The standard InChI is InChI=1S/C14H19N2O2P/c1-10-8-16(14(17)18-10)13-5-4-12-9-15(19)6-2-3-11(12)7-13/h4-5,7,10H,2-3,6,8-9,19H2,1H3. The Balaban J connectivity index is 1.89. The molecule has 1 amide bonds. The Morgan fingerprint density at radius 2 is 2.21 bits per heavy atom. The first kappa shape index (κ1) is 12.9. The van der Waals surface area contributed by atoms with Crippen LogP contribution in [0.3, 0.4) is 0 Å². The van der Waals surface area contributed by atoms with E-state index in [1.165, 1.54) is 11.1 Å². The SMILES string of the molecule is CC1CN(c2ccc3c(c2)CCCN(P)C3)C(=O)O1. The number of hydrogen-bond donors (Lipinski definition) is 0. The van der Waals surface area contributed by atoms with Gasteiger partial charge in [-0.1, -0.05) is 15.5 Å². The van der Waals surface area contributed by atoms with Gasteiger partial charge in [0.15, 0.2) is 0 Å². The summed E-state index contributed by atoms with van der Waals surface area (Å²) in [4.78, 5) is 13.5. The number of fused-ring (bicyclic) bond motifs is 1. The van der Waals surface area contributed by atoms with Crippen LogP contribution in [0.25, 0.3) is 0 Å². The molecule has 2 heterocycles. The minimum Gasteiger partial charge on any atom is -0.444 e. The number of aryl methyl sites for hydroxylation is 1. The van der Waals surface area contributed by atoms with Gasteiger partial charge in [0.25, 0.3) is 0 Å². The molecule has 3 rings (SSSR count). The van der Waals surface area contributed by atoms with Gasteiger partial charge < -0.3 is 4.74 Å². The molecular weight excluding hydrogens is 259 g/mol. The van der Waals surface area contributed by atoms with Crippen molar-refractivity contribution < 1.29 is 9.53 Å². The molecule has 5 heteroatoms. The number of anilines is 1. The fourth-order valence-electron chi connectivity index (χ4n) is 2.75. The molecular formula is C14H19N2O2P. The largest absolute Gasteiger partial charge is 0.444 e. The molecule has 2 unspecified atom stereocenters. The zero-order valence-corrected chi connectivity index (χ0v) is 12.3. The van der Waals surface area contributed by atoms with E-state index in [2.05, 4.69) is 26.2 Å². The van der Waals surface area contributed by atoms with E-state index in [1.54, 1.807) is 4.90 Å². The van der Waals surface area contributed by atoms with Crippen molar-refractivity contribution in [2.75, 3.05) is 18.0 Å². The van der Waals surface area contributed by atoms with Crippen LogP contribution >= 0.6 is 9.39 Å². The average Bonchev–Trinajstić information content (AvgIpc) is 2.59. The van der Waals surface area contributed by atoms with E-state index in [4.69, 9.17) is 4.74 Å². The van der Waals surface area contributed by atoms with Gasteiger partial charge >= 0.3 is 6.09 Å². The minimum absolute atomic E-state index is 0.0196. The monoisotopic (exact) mass is 278 g/mol. The van der Waals surface area contributed by atoms with Gasteiger partial charge in [0.05, 0.1) is 6.54 Å². The number of carbonyl (C=O) groups is 1. The molecule has 2 aliphatic rings. The van der Waals surface area contributed by atoms with Gasteiger partial charge in [-0.15, -0.1) is 0 Å². The molecule has 1 aromatic carbocycles. The quantitative estimate of drug-likeness (QED) is 0.740. The molecule has 19 heavy (non-hydrogen) atoms. The number of rotatable bonds is 1. The van der Waals surface area contributed by atoms with E-state index in [0.29, 0.717) is 6.54 Å². The Morgan fingerprint density at radius 3 is 2.95 bits per heavy atom. The molecule has 0 spiro atoms. The highest BCUT2D eigenvalue weighted by atomic mass is 31.0. The molecule has 0 radical (unpaired) electrons. The number of cyclic esters (lactones) is 1. The predicted octanol–water partition coefficient (Wildman–Crippen LogP) is 2.57. The highest BCUT2D eigenvalue weighted by molar-refractivity contribution is 7.13. The van der Waals surface area contributed by atoms with Gasteiger partial charge in [0.2, 0.25) is 0 Å². The van der Waals surface area contributed by atoms with E-state index < -0.39 is 0 Å². The highest BCUT2D eigenvalue weighted by Crippen LogP contribution is 2.28. The van der Waals surface area contributed by atoms with E-state index in [0.717, 1.165) is 31.6 Å². The third kappa shape index (κ3) is 2.60. The van der Waals surface area contributed by atoms with Gasteiger partial charge in [0.1, 0.15) is 6.10 Å². The summed E-state index contributed by atoms with van der Waals surface area (Å²) in [5.74, 6) is 0. The van der Waals surface area contributed by atoms with Crippen molar-refractivity contribution in [3.8, 4) is 0 Å². The lowest BCUT2D eigenvalue weighted by molar-refractivity contribution is 0.150. The van der Waals surface area contributed by atoms with Crippen molar-refractivity contribution in [1.82, 2.24) is 4.67 Å². The van der Waals surface area contributed by atoms with Crippen molar-refractivity contribution in [2.45, 2.75) is 32.4 Å². The number of ether oxygens (including phenoxy) is 1. The van der Waals surface area contributed by atoms with Gasteiger partial charge in [0, 0.05) is 18.8 Å². The van der Waals surface area contributed by atoms with Gasteiger partial charge in [-0.2, -0.15) is 0 Å². The summed E-state index contributed by atoms with van der Waals surface area (Å²) < 4.78 is 7.45. The second kappa shape index (κ2) is 5.10. The van der Waals surface area contributed by atoms with Crippen LogP contribution in [0.2, 0.25) is 0 Å². The van der Waals surface area contributed by atoms with Crippen LogP contribution in [0.1, 0.15) is 24.5 Å². The number of hydrogen-bond acceptors (Lipinski definition) is 3. The van der Waals surface area contributed by atoms with Gasteiger partial charge in [-0.05, 0) is 43.0 Å². The van der Waals surface area contributed by atoms with E-state index in [-0.39, 0.29) is 12.2 Å². The lowest BCUT2D eigenvalue weighted by Crippen LogP contribution is -2.24. The molecule has 1 aromatic rings. The third-order valence-corrected chi connectivity index (χ3v) is 4.17. The summed E-state index contributed by atoms with van der Waals surface area (Å²) in [6, 6.07) is 6.32. The van der Waals surface area contributed by atoms with Crippen molar-refractivity contribution in [3.05, 3.63) is 29.3 Å². The van der Waals surface area contributed by atoms with Crippen molar-refractivity contribution in [1.29, 1.82) is 0 Å². The lowest BCUT2D eigenvalue weighted by Gasteiger charge is -2.17. The zero-order valence-electron chi connectivity index (χ0n) is 11.1. The van der Waals surface area contributed by atoms with Crippen LogP contribution in [0.5, 0.6) is 0 Å². The van der Waals surface area contributed by atoms with E-state index >= 15 is 0 Å². The van der Waals surface area contributed by atoms with Gasteiger partial charge in [-0.25, -0.2) is 4.79 Å². The maximum Gasteiger partial charge on any atom is 0.414 e. The first-order chi connectivity index (χ1) is 9.13. The Bertz CT molecular complexity index is 506. The molecule has 1 fully saturated rings. The Kier molecular flexibility index (Phi) is 3.46. The van der Waals surface area contributed by atoms with Crippen molar-refractivity contribution in [3.63, 3.8) is 0 Å². The second-order valence-corrected chi connectivity index (χ2v) is 6.06. The van der Waals surface area contributed by atoms with Crippen LogP contribution in [0, 0.1) is 0 Å². The smallest absolute Gasteiger partial charge is 0.414 e. The van der Waals surface area contributed by atoms with Gasteiger partial charge in [-0.3, -0.25) is 9.57 Å². The summed E-state index contributed by atoms with van der Waals surface area (Å²) in [6.07, 6.45) is 1.98. The number of benzene rings is 1. The number of amides is 1. The molecule has 0 N–H and O–H groups in total. The normalized spacial score (nSPS) is 24.0. The van der Waals surface area contributed by atoms with Crippen LogP contribution < -0.4 is 4.90 Å². The van der Waals surface area contributed by atoms with E-state index in [9.17, 15) is 4.79 Å². The van der Waals surface area contributed by atoms with Crippen LogP contribution in [0.15, 0.2) is 18.2 Å². The maximum absolute atomic E-state index is 11.8. The fourth-order valence-corrected chi connectivity index (χ4v) is 3.13. The summed E-state index contributed by atoms with van der Waals surface area (Å²) in [5, 5.41) is 0. The molecule has 2 atom stereocenters. The highest BCUT2D eigenvalue weighted by Gasteiger charge is 2.29. The summed E-state index contributed by atoms with van der Waals surface area (Å²) in [7, 11) is 2.78. The Labute approximate surface area is 116 Å². The first-order valence-corrected chi connectivity index (χ1v) is 7.25. The summed E-state index contributed by atoms with van der Waals surface area (Å²) >= 11 is 0. The van der Waals surface area contributed by atoms with Crippen molar-refractivity contribution in [2.24, 2.45) is 0 Å². The first-order valence-electron chi connectivity index (χ1n) is 6.73. The minimum atomic E-state index is -0.228. The fraction of sp³-hybridized carbons (Fsp3) is 0.500. The molecule has 1 saturated heterocycles. The lowest BCUT2D eigenvalue weighted by atomic mass is 10.0. The molecule has 0 aliphatic carbocycles. The molecule has 0 bridgehead atoms. The predicted molar refractivity (Wildman–Crippen MR) is 78.2 cm³/mol. The molecule has 102 valence electrons. The summed E-state index contributed by atoms with van der Waals surface area (Å²) in [6.45, 7) is 4.62. The second-order valence-electron chi connectivity index (χ2n) is 5.33.